The summed E-state index contributed by atoms with van der Waals surface area (Å²) in [4.78, 5) is 22.6. The predicted molar refractivity (Wildman–Crippen MR) is 60.6 cm³/mol. The van der Waals surface area contributed by atoms with E-state index in [1.807, 2.05) is 13.8 Å². The van der Waals surface area contributed by atoms with Crippen molar-refractivity contribution >= 4 is 11.9 Å². The first kappa shape index (κ1) is 14.9. The van der Waals surface area contributed by atoms with Gasteiger partial charge in [-0.05, 0) is 12.8 Å². The molecule has 0 N–H and O–H groups in total. The van der Waals surface area contributed by atoms with Gasteiger partial charge in [0.25, 0.3) is 0 Å². The van der Waals surface area contributed by atoms with Gasteiger partial charge in [-0.3, -0.25) is 9.59 Å². The summed E-state index contributed by atoms with van der Waals surface area (Å²) in [5.74, 6) is -0.790. The number of esters is 2. The van der Waals surface area contributed by atoms with Crippen LogP contribution in [-0.2, 0) is 19.1 Å². The second kappa shape index (κ2) is 8.13. The fourth-order valence-electron chi connectivity index (χ4n) is 1.04. The molecule has 0 aliphatic rings. The molecule has 0 radical (unpaired) electrons. The largest absolute Gasteiger partial charge is 0.425 e. The minimum Gasteiger partial charge on any atom is -0.425 e. The van der Waals surface area contributed by atoms with Crippen molar-refractivity contribution in [3.05, 3.63) is 0 Å². The lowest BCUT2D eigenvalue weighted by Crippen LogP contribution is -2.24. The van der Waals surface area contributed by atoms with E-state index in [1.54, 1.807) is 13.8 Å². The summed E-state index contributed by atoms with van der Waals surface area (Å²) in [5.41, 5.74) is 0. The third kappa shape index (κ3) is 6.43. The minimum atomic E-state index is -0.786. The van der Waals surface area contributed by atoms with Crippen LogP contribution >= 0.6 is 0 Å². The molecule has 0 bridgehead atoms. The summed E-state index contributed by atoms with van der Waals surface area (Å²) >= 11 is 0. The van der Waals surface area contributed by atoms with Crippen LogP contribution in [-0.4, -0.2) is 18.2 Å². The van der Waals surface area contributed by atoms with Gasteiger partial charge < -0.3 is 9.47 Å². The molecule has 0 aliphatic heterocycles. The Hall–Kier alpha value is -1.06. The van der Waals surface area contributed by atoms with E-state index in [2.05, 4.69) is 0 Å². The first-order valence-electron chi connectivity index (χ1n) is 5.91. The van der Waals surface area contributed by atoms with Gasteiger partial charge in [-0.15, -0.1) is 0 Å². The van der Waals surface area contributed by atoms with Gasteiger partial charge in [0.05, 0.1) is 5.92 Å². The maximum atomic E-state index is 11.4. The van der Waals surface area contributed by atoms with Crippen molar-refractivity contribution in [2.75, 3.05) is 0 Å². The normalized spacial score (nSPS) is 14.0. The lowest BCUT2D eigenvalue weighted by atomic mass is 10.1. The van der Waals surface area contributed by atoms with Gasteiger partial charge >= 0.3 is 11.9 Å². The molecule has 0 rings (SSSR count). The molecule has 0 heterocycles. The number of unbranched alkanes of at least 4 members (excludes halogenated alkanes) is 1. The van der Waals surface area contributed by atoms with Gasteiger partial charge in [0.2, 0.25) is 6.29 Å². The van der Waals surface area contributed by atoms with E-state index in [-0.39, 0.29) is 17.9 Å². The van der Waals surface area contributed by atoms with Crippen LogP contribution < -0.4 is 0 Å². The molecule has 0 aliphatic carbocycles. The van der Waals surface area contributed by atoms with E-state index in [4.69, 9.17) is 9.47 Å². The molecule has 94 valence electrons. The number of carbonyl (C=O) groups excluding carboxylic acids is 2. The molecule has 16 heavy (non-hydrogen) atoms. The van der Waals surface area contributed by atoms with Crippen molar-refractivity contribution in [3.8, 4) is 0 Å². The molecular formula is C12H22O4. The highest BCUT2D eigenvalue weighted by molar-refractivity contribution is 5.73. The van der Waals surface area contributed by atoms with E-state index in [0.717, 1.165) is 19.3 Å². The molecule has 0 spiro atoms. The van der Waals surface area contributed by atoms with E-state index in [9.17, 15) is 9.59 Å². The molecule has 4 heteroatoms. The second-order valence-electron chi connectivity index (χ2n) is 3.91. The highest BCUT2D eigenvalue weighted by Crippen LogP contribution is 2.07. The van der Waals surface area contributed by atoms with Crippen LogP contribution in [0.4, 0.5) is 0 Å². The highest BCUT2D eigenvalue weighted by Gasteiger charge is 2.17. The molecule has 0 aromatic heterocycles. The topological polar surface area (TPSA) is 52.6 Å². The molecule has 0 aromatic rings. The summed E-state index contributed by atoms with van der Waals surface area (Å²) in [6.45, 7) is 7.25. The van der Waals surface area contributed by atoms with Crippen LogP contribution in [0.25, 0.3) is 0 Å². The molecule has 2 atom stereocenters. The summed E-state index contributed by atoms with van der Waals surface area (Å²) in [6, 6.07) is 0. The highest BCUT2D eigenvalue weighted by atomic mass is 16.7. The molecule has 0 fully saturated rings. The lowest BCUT2D eigenvalue weighted by Gasteiger charge is -2.16. The Kier molecular flexibility index (Phi) is 7.60. The van der Waals surface area contributed by atoms with Gasteiger partial charge in [-0.2, -0.15) is 0 Å². The summed E-state index contributed by atoms with van der Waals surface area (Å²) < 4.78 is 9.91. The molecule has 0 aromatic carbocycles. The van der Waals surface area contributed by atoms with E-state index in [0.29, 0.717) is 6.42 Å². The van der Waals surface area contributed by atoms with Crippen molar-refractivity contribution in [1.82, 2.24) is 0 Å². The smallest absolute Gasteiger partial charge is 0.311 e. The van der Waals surface area contributed by atoms with Crippen molar-refractivity contribution in [1.29, 1.82) is 0 Å². The second-order valence-corrected chi connectivity index (χ2v) is 3.91. The van der Waals surface area contributed by atoms with E-state index >= 15 is 0 Å². The van der Waals surface area contributed by atoms with Gasteiger partial charge in [-0.1, -0.05) is 27.2 Å². The fraction of sp³-hybridized carbons (Fsp3) is 0.833. The molecular weight excluding hydrogens is 208 g/mol. The molecule has 0 saturated carbocycles. The first-order valence-corrected chi connectivity index (χ1v) is 5.91. The Labute approximate surface area is 97.3 Å². The number of rotatable bonds is 7. The fourth-order valence-corrected chi connectivity index (χ4v) is 1.04. The van der Waals surface area contributed by atoms with Crippen LogP contribution in [0, 0.1) is 5.92 Å². The number of hydrogen-bond acceptors (Lipinski definition) is 4. The Morgan fingerprint density at radius 2 is 1.75 bits per heavy atom. The van der Waals surface area contributed by atoms with E-state index < -0.39 is 6.29 Å². The van der Waals surface area contributed by atoms with Gasteiger partial charge in [0.1, 0.15) is 0 Å². The monoisotopic (exact) mass is 230 g/mol. The van der Waals surface area contributed by atoms with Crippen LogP contribution in [0.15, 0.2) is 0 Å². The zero-order valence-corrected chi connectivity index (χ0v) is 10.6. The van der Waals surface area contributed by atoms with Crippen LogP contribution in [0.2, 0.25) is 0 Å². The van der Waals surface area contributed by atoms with Crippen molar-refractivity contribution in [2.24, 2.45) is 5.92 Å². The van der Waals surface area contributed by atoms with Gasteiger partial charge in [0, 0.05) is 13.3 Å². The van der Waals surface area contributed by atoms with Gasteiger partial charge in [-0.25, -0.2) is 0 Å². The van der Waals surface area contributed by atoms with E-state index in [1.165, 1.54) is 0 Å². The first-order chi connectivity index (χ1) is 7.51. The Balaban J connectivity index is 3.85. The van der Waals surface area contributed by atoms with Crippen molar-refractivity contribution in [3.63, 3.8) is 0 Å². The Morgan fingerprint density at radius 1 is 1.12 bits per heavy atom. The molecule has 2 unspecified atom stereocenters. The summed E-state index contributed by atoms with van der Waals surface area (Å²) in [5, 5.41) is 0. The lowest BCUT2D eigenvalue weighted by molar-refractivity contribution is -0.187. The van der Waals surface area contributed by atoms with Crippen molar-refractivity contribution in [2.45, 2.75) is 59.7 Å². The average Bonchev–Trinajstić information content (AvgIpc) is 2.24. The third-order valence-corrected chi connectivity index (χ3v) is 2.33. The maximum absolute atomic E-state index is 11.4. The average molecular weight is 230 g/mol. The number of carbonyl (C=O) groups is 2. The SMILES string of the molecule is CCCCC(=O)OC(C)OC(=O)C(C)CC. The zero-order chi connectivity index (χ0) is 12.6. The Bertz CT molecular complexity index is 225. The minimum absolute atomic E-state index is 0.156. The number of hydrogen-bond donors (Lipinski definition) is 0. The predicted octanol–water partition coefficient (Wildman–Crippen LogP) is 2.66. The Morgan fingerprint density at radius 3 is 2.25 bits per heavy atom. The quantitative estimate of drug-likeness (QED) is 0.498. The number of ether oxygens (including phenoxy) is 2. The molecule has 0 saturated heterocycles. The third-order valence-electron chi connectivity index (χ3n) is 2.33. The van der Waals surface area contributed by atoms with Crippen LogP contribution in [0.3, 0.4) is 0 Å². The van der Waals surface area contributed by atoms with Crippen molar-refractivity contribution < 1.29 is 19.1 Å². The molecule has 0 amide bonds. The maximum Gasteiger partial charge on any atom is 0.311 e. The zero-order valence-electron chi connectivity index (χ0n) is 10.6. The molecule has 4 nitrogen and oxygen atoms in total. The van der Waals surface area contributed by atoms with Crippen LogP contribution in [0.1, 0.15) is 53.4 Å². The van der Waals surface area contributed by atoms with Gasteiger partial charge in [0.15, 0.2) is 0 Å². The van der Waals surface area contributed by atoms with Crippen LogP contribution in [0.5, 0.6) is 0 Å². The standard InChI is InChI=1S/C12H22O4/c1-5-7-8-11(13)15-10(4)16-12(14)9(3)6-2/h9-10H,5-8H2,1-4H3. The summed E-state index contributed by atoms with van der Waals surface area (Å²) in [6.07, 6.45) is 2.05. The summed E-state index contributed by atoms with van der Waals surface area (Å²) in [7, 11) is 0.